The number of likely N-dealkylation sites (tertiary alicyclic amines) is 1. The summed E-state index contributed by atoms with van der Waals surface area (Å²) in [6.07, 6.45) is 5.58. The number of nitrogens with zero attached hydrogens (tertiary/aromatic N) is 1. The zero-order valence-corrected chi connectivity index (χ0v) is 9.77. The Morgan fingerprint density at radius 3 is 1.85 bits per heavy atom. The zero-order valence-electron chi connectivity index (χ0n) is 9.77. The minimum atomic E-state index is 0.702. The van der Waals surface area contributed by atoms with Crippen LogP contribution in [0.3, 0.4) is 0 Å². The van der Waals surface area contributed by atoms with Gasteiger partial charge in [0.05, 0.1) is 0 Å². The van der Waals surface area contributed by atoms with Crippen molar-refractivity contribution in [2.24, 2.45) is 5.41 Å². The van der Waals surface area contributed by atoms with Gasteiger partial charge in [-0.2, -0.15) is 0 Å². The van der Waals surface area contributed by atoms with Crippen LogP contribution >= 0.6 is 0 Å². The summed E-state index contributed by atoms with van der Waals surface area (Å²) in [5, 5.41) is 0. The van der Waals surface area contributed by atoms with Crippen LogP contribution in [0.15, 0.2) is 0 Å². The molecule has 1 saturated heterocycles. The van der Waals surface area contributed by atoms with Gasteiger partial charge in [-0.05, 0) is 32.1 Å². The Bertz CT molecular complexity index is 137. The van der Waals surface area contributed by atoms with Gasteiger partial charge in [0.2, 0.25) is 0 Å². The molecule has 0 N–H and O–H groups in total. The molecule has 1 heteroatoms. The maximum atomic E-state index is 2.60. The molecule has 1 aliphatic rings. The fraction of sp³-hybridized carbons (Fsp3) is 1.00. The van der Waals surface area contributed by atoms with E-state index in [1.165, 1.54) is 38.8 Å². The van der Waals surface area contributed by atoms with Crippen molar-refractivity contribution >= 4 is 0 Å². The van der Waals surface area contributed by atoms with Crippen molar-refractivity contribution in [3.63, 3.8) is 0 Å². The summed E-state index contributed by atoms with van der Waals surface area (Å²) in [6.45, 7) is 12.0. The maximum Gasteiger partial charge on any atom is 0.00532 e. The summed E-state index contributed by atoms with van der Waals surface area (Å²) in [4.78, 5) is 2.60. The number of hydrogen-bond donors (Lipinski definition) is 0. The van der Waals surface area contributed by atoms with E-state index in [2.05, 4.69) is 32.6 Å². The van der Waals surface area contributed by atoms with Gasteiger partial charge in [0.25, 0.3) is 0 Å². The Hall–Kier alpha value is -0.0400. The molecule has 0 amide bonds. The van der Waals surface area contributed by atoms with Gasteiger partial charge in [0.1, 0.15) is 0 Å². The van der Waals surface area contributed by atoms with Crippen LogP contribution in [-0.2, 0) is 0 Å². The van der Waals surface area contributed by atoms with Crippen LogP contribution in [0.5, 0.6) is 0 Å². The van der Waals surface area contributed by atoms with Crippen molar-refractivity contribution in [2.75, 3.05) is 13.1 Å². The first kappa shape index (κ1) is 11.0. The van der Waals surface area contributed by atoms with E-state index in [9.17, 15) is 0 Å². The molecule has 0 aromatic heterocycles. The smallest absolute Gasteiger partial charge is 0.00532 e. The van der Waals surface area contributed by atoms with Gasteiger partial charge in [0, 0.05) is 19.1 Å². The van der Waals surface area contributed by atoms with Crippen molar-refractivity contribution in [1.82, 2.24) is 4.90 Å². The minimum absolute atomic E-state index is 0.702. The second-order valence-electron chi connectivity index (χ2n) is 5.00. The average molecular weight is 183 g/mol. The number of rotatable bonds is 5. The van der Waals surface area contributed by atoms with E-state index in [0.29, 0.717) is 5.41 Å². The highest BCUT2D eigenvalue weighted by molar-refractivity contribution is 4.95. The van der Waals surface area contributed by atoms with Gasteiger partial charge in [-0.1, -0.05) is 26.7 Å². The predicted molar refractivity (Wildman–Crippen MR) is 59.0 cm³/mol. The lowest BCUT2D eigenvalue weighted by atomic mass is 9.72. The topological polar surface area (TPSA) is 3.24 Å². The summed E-state index contributed by atoms with van der Waals surface area (Å²) in [5.41, 5.74) is 0.702. The third-order valence-electron chi connectivity index (χ3n) is 3.37. The molecular formula is C12H25N. The maximum absolute atomic E-state index is 2.60. The van der Waals surface area contributed by atoms with Crippen LogP contribution in [0, 0.1) is 5.41 Å². The third kappa shape index (κ3) is 2.46. The minimum Gasteiger partial charge on any atom is -0.300 e. The van der Waals surface area contributed by atoms with E-state index < -0.39 is 0 Å². The van der Waals surface area contributed by atoms with Crippen molar-refractivity contribution < 1.29 is 0 Å². The van der Waals surface area contributed by atoms with Gasteiger partial charge < -0.3 is 0 Å². The molecule has 0 aliphatic carbocycles. The summed E-state index contributed by atoms with van der Waals surface area (Å²) in [5.74, 6) is 0. The van der Waals surface area contributed by atoms with Crippen LogP contribution in [0.2, 0.25) is 0 Å². The molecule has 13 heavy (non-hydrogen) atoms. The van der Waals surface area contributed by atoms with E-state index in [1.807, 2.05) is 0 Å². The molecule has 0 spiro atoms. The van der Waals surface area contributed by atoms with Crippen LogP contribution in [0.4, 0.5) is 0 Å². The molecule has 1 aliphatic heterocycles. The second kappa shape index (κ2) is 4.45. The summed E-state index contributed by atoms with van der Waals surface area (Å²) in [6, 6.07) is 0.752. The first-order valence-corrected chi connectivity index (χ1v) is 5.87. The Morgan fingerprint density at radius 1 is 1.08 bits per heavy atom. The Kier molecular flexibility index (Phi) is 3.78. The van der Waals surface area contributed by atoms with Crippen molar-refractivity contribution in [2.45, 2.75) is 59.4 Å². The Labute approximate surface area is 83.5 Å². The van der Waals surface area contributed by atoms with Crippen molar-refractivity contribution in [1.29, 1.82) is 0 Å². The van der Waals surface area contributed by atoms with E-state index in [4.69, 9.17) is 0 Å². The fourth-order valence-electron chi connectivity index (χ4n) is 2.68. The molecule has 0 aromatic rings. The SMILES string of the molecule is CCCC1(CCC)CN(C(C)C)C1. The average Bonchev–Trinajstić information content (AvgIpc) is 1.99. The van der Waals surface area contributed by atoms with Gasteiger partial charge in [0.15, 0.2) is 0 Å². The predicted octanol–water partition coefficient (Wildman–Crippen LogP) is 3.30. The Balaban J connectivity index is 2.38. The van der Waals surface area contributed by atoms with Crippen molar-refractivity contribution in [3.8, 4) is 0 Å². The molecule has 1 rings (SSSR count). The summed E-state index contributed by atoms with van der Waals surface area (Å²) >= 11 is 0. The highest BCUT2D eigenvalue weighted by Gasteiger charge is 2.41. The normalized spacial score (nSPS) is 21.9. The van der Waals surface area contributed by atoms with Gasteiger partial charge in [-0.25, -0.2) is 0 Å². The molecule has 0 atom stereocenters. The van der Waals surface area contributed by atoms with E-state index in [0.717, 1.165) is 6.04 Å². The largest absolute Gasteiger partial charge is 0.300 e. The van der Waals surface area contributed by atoms with Crippen LogP contribution in [-0.4, -0.2) is 24.0 Å². The molecule has 1 nitrogen and oxygen atoms in total. The zero-order chi connectivity index (χ0) is 9.90. The standard InChI is InChI=1S/C12H25N/c1-5-7-12(8-6-2)9-13(10-12)11(3)4/h11H,5-10H2,1-4H3. The third-order valence-corrected chi connectivity index (χ3v) is 3.37. The second-order valence-corrected chi connectivity index (χ2v) is 5.00. The van der Waals surface area contributed by atoms with Gasteiger partial charge in [-0.3, -0.25) is 4.90 Å². The summed E-state index contributed by atoms with van der Waals surface area (Å²) < 4.78 is 0. The quantitative estimate of drug-likeness (QED) is 0.632. The van der Waals surface area contributed by atoms with Crippen LogP contribution in [0.25, 0.3) is 0 Å². The molecule has 1 heterocycles. The van der Waals surface area contributed by atoms with Gasteiger partial charge in [-0.15, -0.1) is 0 Å². The highest BCUT2D eigenvalue weighted by atomic mass is 15.2. The Morgan fingerprint density at radius 2 is 1.54 bits per heavy atom. The van der Waals surface area contributed by atoms with Crippen LogP contribution < -0.4 is 0 Å². The van der Waals surface area contributed by atoms with Crippen LogP contribution in [0.1, 0.15) is 53.4 Å². The number of hydrogen-bond acceptors (Lipinski definition) is 1. The monoisotopic (exact) mass is 183 g/mol. The first-order chi connectivity index (χ1) is 6.13. The molecule has 0 unspecified atom stereocenters. The van der Waals surface area contributed by atoms with Gasteiger partial charge >= 0.3 is 0 Å². The van der Waals surface area contributed by atoms with E-state index in [1.54, 1.807) is 0 Å². The molecule has 0 bridgehead atoms. The van der Waals surface area contributed by atoms with E-state index in [-0.39, 0.29) is 0 Å². The van der Waals surface area contributed by atoms with E-state index >= 15 is 0 Å². The molecule has 1 fully saturated rings. The highest BCUT2D eigenvalue weighted by Crippen LogP contribution is 2.40. The lowest BCUT2D eigenvalue weighted by Gasteiger charge is -2.52. The molecule has 0 radical (unpaired) electrons. The molecule has 0 saturated carbocycles. The first-order valence-electron chi connectivity index (χ1n) is 5.87. The lowest BCUT2D eigenvalue weighted by Crippen LogP contribution is -2.58. The molecular weight excluding hydrogens is 158 g/mol. The molecule has 0 aromatic carbocycles. The fourth-order valence-corrected chi connectivity index (χ4v) is 2.68. The lowest BCUT2D eigenvalue weighted by molar-refractivity contribution is -0.0348. The van der Waals surface area contributed by atoms with Crippen molar-refractivity contribution in [3.05, 3.63) is 0 Å². The molecule has 78 valence electrons. The summed E-state index contributed by atoms with van der Waals surface area (Å²) in [7, 11) is 0.